The summed E-state index contributed by atoms with van der Waals surface area (Å²) in [5.74, 6) is -0.899. The molecule has 8 nitrogen and oxygen atoms in total. The molecule has 4 rings (SSSR count). The molecule has 0 saturated carbocycles. The lowest BCUT2D eigenvalue weighted by Crippen LogP contribution is -2.42. The van der Waals surface area contributed by atoms with E-state index in [1.165, 1.54) is 30.6 Å². The number of nitrogens with zero attached hydrogens (tertiary/aromatic N) is 4. The van der Waals surface area contributed by atoms with Gasteiger partial charge in [-0.05, 0) is 42.7 Å². The van der Waals surface area contributed by atoms with Crippen molar-refractivity contribution in [3.05, 3.63) is 98.7 Å². The van der Waals surface area contributed by atoms with Crippen LogP contribution in [0.15, 0.2) is 70.5 Å². The van der Waals surface area contributed by atoms with Crippen LogP contribution in [-0.4, -0.2) is 25.0 Å². The highest BCUT2D eigenvalue weighted by molar-refractivity contribution is 5.91. The van der Waals surface area contributed by atoms with Crippen LogP contribution in [0.5, 0.6) is 0 Å². The minimum atomic E-state index is -0.649. The standard InChI is InChI=1S/C23H20FN5O3/c1-15-13-17(7-8-18(15)24)27-19(30)14-29-21-20(25-10-11-26-21)22(31)28(23(29)32)12-9-16-5-3-2-4-6-16/h2-8,10-11,13H,9,12,14H2,1H3,(H,27,30). The molecule has 2 aromatic carbocycles. The number of aryl methyl sites for hydroxylation is 2. The molecule has 0 radical (unpaired) electrons. The van der Waals surface area contributed by atoms with Crippen LogP contribution in [0.4, 0.5) is 10.1 Å². The lowest BCUT2D eigenvalue weighted by molar-refractivity contribution is -0.116. The summed E-state index contributed by atoms with van der Waals surface area (Å²) in [6.07, 6.45) is 3.18. The van der Waals surface area contributed by atoms with E-state index in [9.17, 15) is 18.8 Å². The van der Waals surface area contributed by atoms with Crippen LogP contribution in [0.25, 0.3) is 11.2 Å². The van der Waals surface area contributed by atoms with Crippen molar-refractivity contribution in [2.24, 2.45) is 0 Å². The number of benzene rings is 2. The maximum absolute atomic E-state index is 13.5. The van der Waals surface area contributed by atoms with Crippen molar-refractivity contribution in [1.82, 2.24) is 19.1 Å². The van der Waals surface area contributed by atoms with E-state index in [2.05, 4.69) is 15.3 Å². The van der Waals surface area contributed by atoms with E-state index in [1.54, 1.807) is 6.92 Å². The Morgan fingerprint density at radius 1 is 1.03 bits per heavy atom. The Morgan fingerprint density at radius 2 is 1.78 bits per heavy atom. The SMILES string of the molecule is Cc1cc(NC(=O)Cn2c(=O)n(CCc3ccccc3)c(=O)c3nccnc32)ccc1F. The van der Waals surface area contributed by atoms with Gasteiger partial charge in [0.15, 0.2) is 11.2 Å². The number of hydrogen-bond acceptors (Lipinski definition) is 5. The molecule has 0 atom stereocenters. The molecule has 2 aromatic heterocycles. The van der Waals surface area contributed by atoms with Gasteiger partial charge >= 0.3 is 5.69 Å². The van der Waals surface area contributed by atoms with Crippen molar-refractivity contribution >= 4 is 22.8 Å². The topological polar surface area (TPSA) is 98.9 Å². The summed E-state index contributed by atoms with van der Waals surface area (Å²) in [5, 5.41) is 2.64. The fraction of sp³-hybridized carbons (Fsp3) is 0.174. The number of rotatable bonds is 6. The molecular weight excluding hydrogens is 413 g/mol. The molecule has 0 saturated heterocycles. The minimum absolute atomic E-state index is 0.00517. The molecule has 0 aliphatic carbocycles. The Hall–Kier alpha value is -4.14. The summed E-state index contributed by atoms with van der Waals surface area (Å²) in [6, 6.07) is 13.6. The van der Waals surface area contributed by atoms with Gasteiger partial charge in [-0.1, -0.05) is 30.3 Å². The Bertz CT molecular complexity index is 1410. The molecule has 0 aliphatic rings. The van der Waals surface area contributed by atoms with E-state index < -0.39 is 17.2 Å². The number of hydrogen-bond donors (Lipinski definition) is 1. The summed E-state index contributed by atoms with van der Waals surface area (Å²) in [7, 11) is 0. The summed E-state index contributed by atoms with van der Waals surface area (Å²) in [4.78, 5) is 46.9. The molecule has 0 fully saturated rings. The van der Waals surface area contributed by atoms with E-state index in [-0.39, 0.29) is 30.1 Å². The molecule has 0 aliphatic heterocycles. The highest BCUT2D eigenvalue weighted by Crippen LogP contribution is 2.14. The van der Waals surface area contributed by atoms with Crippen molar-refractivity contribution in [2.45, 2.75) is 26.4 Å². The zero-order chi connectivity index (χ0) is 22.7. The summed E-state index contributed by atoms with van der Waals surface area (Å²) in [6.45, 7) is 1.34. The Kier molecular flexibility index (Phi) is 5.89. The minimum Gasteiger partial charge on any atom is -0.325 e. The first-order valence-corrected chi connectivity index (χ1v) is 9.98. The van der Waals surface area contributed by atoms with Crippen molar-refractivity contribution in [1.29, 1.82) is 0 Å². The first kappa shape index (κ1) is 21.1. The van der Waals surface area contributed by atoms with Gasteiger partial charge in [0.2, 0.25) is 5.91 Å². The maximum Gasteiger partial charge on any atom is 0.333 e. The summed E-state index contributed by atoms with van der Waals surface area (Å²) >= 11 is 0. The average Bonchev–Trinajstić information content (AvgIpc) is 2.80. The molecule has 1 amide bonds. The predicted molar refractivity (Wildman–Crippen MR) is 118 cm³/mol. The quantitative estimate of drug-likeness (QED) is 0.503. The first-order valence-electron chi connectivity index (χ1n) is 9.98. The number of halogens is 1. The van der Waals surface area contributed by atoms with E-state index in [0.29, 0.717) is 17.7 Å². The number of carbonyl (C=O) groups is 1. The molecule has 32 heavy (non-hydrogen) atoms. The van der Waals surface area contributed by atoms with Crippen molar-refractivity contribution in [3.8, 4) is 0 Å². The average molecular weight is 433 g/mol. The predicted octanol–water partition coefficient (Wildman–Crippen LogP) is 2.28. The van der Waals surface area contributed by atoms with Crippen molar-refractivity contribution < 1.29 is 9.18 Å². The molecule has 0 bridgehead atoms. The van der Waals surface area contributed by atoms with Crippen LogP contribution >= 0.6 is 0 Å². The van der Waals surface area contributed by atoms with Crippen LogP contribution in [0.3, 0.4) is 0 Å². The fourth-order valence-electron chi connectivity index (χ4n) is 3.42. The maximum atomic E-state index is 13.5. The zero-order valence-corrected chi connectivity index (χ0v) is 17.3. The largest absolute Gasteiger partial charge is 0.333 e. The van der Waals surface area contributed by atoms with Gasteiger partial charge in [0.05, 0.1) is 0 Å². The van der Waals surface area contributed by atoms with Crippen LogP contribution in [0, 0.1) is 12.7 Å². The van der Waals surface area contributed by atoms with Crippen LogP contribution in [0.1, 0.15) is 11.1 Å². The number of aromatic nitrogens is 4. The second-order valence-electron chi connectivity index (χ2n) is 7.30. The van der Waals surface area contributed by atoms with Gasteiger partial charge in [-0.2, -0.15) is 0 Å². The Balaban J connectivity index is 1.68. The molecule has 0 unspecified atom stereocenters. The van der Waals surface area contributed by atoms with E-state index in [4.69, 9.17) is 0 Å². The second-order valence-corrected chi connectivity index (χ2v) is 7.30. The molecule has 1 N–H and O–H groups in total. The molecule has 4 aromatic rings. The van der Waals surface area contributed by atoms with Crippen LogP contribution in [0.2, 0.25) is 0 Å². The van der Waals surface area contributed by atoms with Crippen LogP contribution < -0.4 is 16.6 Å². The third-order valence-electron chi connectivity index (χ3n) is 5.05. The zero-order valence-electron chi connectivity index (χ0n) is 17.3. The number of anilines is 1. The van der Waals surface area contributed by atoms with Crippen LogP contribution in [-0.2, 0) is 24.3 Å². The molecular formula is C23H20FN5O3. The van der Waals surface area contributed by atoms with Gasteiger partial charge in [0.1, 0.15) is 12.4 Å². The number of amides is 1. The van der Waals surface area contributed by atoms with E-state index >= 15 is 0 Å². The lowest BCUT2D eigenvalue weighted by atomic mass is 10.1. The van der Waals surface area contributed by atoms with Gasteiger partial charge in [0, 0.05) is 24.6 Å². The lowest BCUT2D eigenvalue weighted by Gasteiger charge is -2.13. The molecule has 2 heterocycles. The molecule has 9 heteroatoms. The third kappa shape index (κ3) is 4.31. The van der Waals surface area contributed by atoms with Crippen molar-refractivity contribution in [2.75, 3.05) is 5.32 Å². The van der Waals surface area contributed by atoms with E-state index in [1.807, 2.05) is 30.3 Å². The summed E-state index contributed by atoms with van der Waals surface area (Å²) in [5.41, 5.74) is 0.577. The third-order valence-corrected chi connectivity index (χ3v) is 5.05. The highest BCUT2D eigenvalue weighted by Gasteiger charge is 2.17. The number of carbonyl (C=O) groups excluding carboxylic acids is 1. The fourth-order valence-corrected chi connectivity index (χ4v) is 3.42. The summed E-state index contributed by atoms with van der Waals surface area (Å²) < 4.78 is 15.7. The van der Waals surface area contributed by atoms with Gasteiger partial charge in [-0.15, -0.1) is 0 Å². The number of nitrogens with one attached hydrogen (secondary N) is 1. The van der Waals surface area contributed by atoms with Gasteiger partial charge in [-0.25, -0.2) is 19.2 Å². The monoisotopic (exact) mass is 433 g/mol. The van der Waals surface area contributed by atoms with Crippen molar-refractivity contribution in [3.63, 3.8) is 0 Å². The normalized spacial score (nSPS) is 10.9. The molecule has 0 spiro atoms. The Morgan fingerprint density at radius 3 is 2.53 bits per heavy atom. The van der Waals surface area contributed by atoms with Gasteiger partial charge in [-0.3, -0.25) is 18.7 Å². The van der Waals surface area contributed by atoms with Gasteiger partial charge in [0.25, 0.3) is 5.56 Å². The van der Waals surface area contributed by atoms with E-state index in [0.717, 1.165) is 14.7 Å². The highest BCUT2D eigenvalue weighted by atomic mass is 19.1. The second kappa shape index (κ2) is 8.93. The molecule has 162 valence electrons. The smallest absolute Gasteiger partial charge is 0.325 e. The van der Waals surface area contributed by atoms with Gasteiger partial charge < -0.3 is 5.32 Å². The number of fused-ring (bicyclic) bond motifs is 1. The Labute approximate surface area is 182 Å². The first-order chi connectivity index (χ1) is 15.4.